The SMILES string of the molecule is Cl.O=C(N[C@H]1CCCNC1)c1ccc(-c2cc(F)c(F)c(F)c2)cc1. The molecule has 2 aromatic carbocycles. The third-order valence-electron chi connectivity index (χ3n) is 4.10. The number of rotatable bonds is 3. The molecule has 1 atom stereocenters. The van der Waals surface area contributed by atoms with Crippen molar-refractivity contribution in [3.8, 4) is 11.1 Å². The minimum Gasteiger partial charge on any atom is -0.348 e. The molecule has 0 aliphatic carbocycles. The summed E-state index contributed by atoms with van der Waals surface area (Å²) in [6.45, 7) is 1.71. The molecule has 1 aliphatic rings. The molecule has 0 spiro atoms. The number of hydrogen-bond donors (Lipinski definition) is 2. The number of halogens is 4. The molecule has 1 amide bonds. The largest absolute Gasteiger partial charge is 0.348 e. The van der Waals surface area contributed by atoms with Crippen LogP contribution in [-0.4, -0.2) is 25.0 Å². The first-order valence-electron chi connectivity index (χ1n) is 7.81. The highest BCUT2D eigenvalue weighted by molar-refractivity contribution is 5.94. The van der Waals surface area contributed by atoms with Crippen LogP contribution in [0.1, 0.15) is 23.2 Å². The maximum Gasteiger partial charge on any atom is 0.251 e. The molecule has 3 rings (SSSR count). The lowest BCUT2D eigenvalue weighted by Crippen LogP contribution is -2.45. The minimum absolute atomic E-state index is 0. The molecule has 25 heavy (non-hydrogen) atoms. The molecule has 2 aromatic rings. The van der Waals surface area contributed by atoms with Gasteiger partial charge < -0.3 is 10.6 Å². The molecule has 134 valence electrons. The summed E-state index contributed by atoms with van der Waals surface area (Å²) in [6.07, 6.45) is 1.95. The molecule has 1 fully saturated rings. The van der Waals surface area contributed by atoms with Gasteiger partial charge in [-0.2, -0.15) is 0 Å². The van der Waals surface area contributed by atoms with Crippen molar-refractivity contribution in [1.29, 1.82) is 0 Å². The van der Waals surface area contributed by atoms with E-state index in [1.807, 2.05) is 0 Å². The zero-order chi connectivity index (χ0) is 17.1. The van der Waals surface area contributed by atoms with Crippen LogP contribution in [0.4, 0.5) is 13.2 Å². The lowest BCUT2D eigenvalue weighted by atomic mass is 10.0. The molecular formula is C18H18ClF3N2O. The van der Waals surface area contributed by atoms with E-state index in [2.05, 4.69) is 10.6 Å². The average Bonchev–Trinajstić information content (AvgIpc) is 2.60. The van der Waals surface area contributed by atoms with E-state index in [4.69, 9.17) is 0 Å². The second-order valence-electron chi connectivity index (χ2n) is 5.85. The van der Waals surface area contributed by atoms with E-state index < -0.39 is 17.5 Å². The van der Waals surface area contributed by atoms with Crippen molar-refractivity contribution in [2.75, 3.05) is 13.1 Å². The normalized spacial score (nSPS) is 16.8. The molecule has 0 radical (unpaired) electrons. The fraction of sp³-hybridized carbons (Fsp3) is 0.278. The Balaban J connectivity index is 0.00000225. The molecule has 2 N–H and O–H groups in total. The van der Waals surface area contributed by atoms with Crippen LogP contribution < -0.4 is 10.6 Å². The van der Waals surface area contributed by atoms with Gasteiger partial charge in [0.05, 0.1) is 0 Å². The molecule has 7 heteroatoms. The Morgan fingerprint density at radius 1 is 1.04 bits per heavy atom. The number of benzene rings is 2. The summed E-state index contributed by atoms with van der Waals surface area (Å²) in [5, 5.41) is 6.17. The van der Waals surface area contributed by atoms with Crippen molar-refractivity contribution >= 4 is 18.3 Å². The third kappa shape index (κ3) is 4.52. The van der Waals surface area contributed by atoms with Gasteiger partial charge in [0, 0.05) is 18.2 Å². The highest BCUT2D eigenvalue weighted by Crippen LogP contribution is 2.24. The molecule has 0 aromatic heterocycles. The summed E-state index contributed by atoms with van der Waals surface area (Å²) in [4.78, 5) is 12.2. The van der Waals surface area contributed by atoms with Gasteiger partial charge in [-0.1, -0.05) is 12.1 Å². The summed E-state index contributed by atoms with van der Waals surface area (Å²) in [6, 6.07) is 8.30. The number of carbonyl (C=O) groups excluding carboxylic acids is 1. The Labute approximate surface area is 150 Å². The van der Waals surface area contributed by atoms with Crippen LogP contribution in [0.5, 0.6) is 0 Å². The number of nitrogens with one attached hydrogen (secondary N) is 2. The summed E-state index contributed by atoms with van der Waals surface area (Å²) in [5.41, 5.74) is 1.19. The summed E-state index contributed by atoms with van der Waals surface area (Å²) in [5.74, 6) is -4.16. The average molecular weight is 371 g/mol. The first kappa shape index (κ1) is 19.3. The van der Waals surface area contributed by atoms with E-state index in [0.717, 1.165) is 38.1 Å². The van der Waals surface area contributed by atoms with Crippen molar-refractivity contribution in [3.05, 3.63) is 59.4 Å². The van der Waals surface area contributed by atoms with Gasteiger partial charge in [-0.05, 0) is 54.8 Å². The van der Waals surface area contributed by atoms with E-state index in [0.29, 0.717) is 11.1 Å². The third-order valence-corrected chi connectivity index (χ3v) is 4.10. The van der Waals surface area contributed by atoms with Gasteiger partial charge in [0.2, 0.25) is 0 Å². The molecular weight excluding hydrogens is 353 g/mol. The molecule has 3 nitrogen and oxygen atoms in total. The van der Waals surface area contributed by atoms with Crippen molar-refractivity contribution < 1.29 is 18.0 Å². The molecule has 1 heterocycles. The Bertz CT molecular complexity index is 723. The van der Waals surface area contributed by atoms with Crippen LogP contribution >= 0.6 is 12.4 Å². The van der Waals surface area contributed by atoms with Crippen molar-refractivity contribution in [2.45, 2.75) is 18.9 Å². The smallest absolute Gasteiger partial charge is 0.251 e. The van der Waals surface area contributed by atoms with Crippen LogP contribution in [0.2, 0.25) is 0 Å². The fourth-order valence-electron chi connectivity index (χ4n) is 2.78. The Hall–Kier alpha value is -2.05. The van der Waals surface area contributed by atoms with E-state index >= 15 is 0 Å². The maximum atomic E-state index is 13.3. The Kier molecular flexibility index (Phi) is 6.45. The van der Waals surface area contributed by atoms with Gasteiger partial charge in [-0.3, -0.25) is 4.79 Å². The van der Waals surface area contributed by atoms with Gasteiger partial charge in [-0.25, -0.2) is 13.2 Å². The molecule has 0 saturated carbocycles. The highest BCUT2D eigenvalue weighted by atomic mass is 35.5. The first-order valence-corrected chi connectivity index (χ1v) is 7.81. The van der Waals surface area contributed by atoms with Gasteiger partial charge >= 0.3 is 0 Å². The molecule has 0 bridgehead atoms. The lowest BCUT2D eigenvalue weighted by Gasteiger charge is -2.23. The number of hydrogen-bond acceptors (Lipinski definition) is 2. The highest BCUT2D eigenvalue weighted by Gasteiger charge is 2.16. The van der Waals surface area contributed by atoms with E-state index in [1.165, 1.54) is 0 Å². The van der Waals surface area contributed by atoms with E-state index in [9.17, 15) is 18.0 Å². The van der Waals surface area contributed by atoms with E-state index in [1.54, 1.807) is 24.3 Å². The molecule has 1 saturated heterocycles. The van der Waals surface area contributed by atoms with Gasteiger partial charge in [-0.15, -0.1) is 12.4 Å². The predicted octanol–water partition coefficient (Wildman–Crippen LogP) is 3.67. The maximum absolute atomic E-state index is 13.3. The molecule has 1 aliphatic heterocycles. The number of carbonyl (C=O) groups is 1. The Morgan fingerprint density at radius 2 is 1.68 bits per heavy atom. The van der Waals surface area contributed by atoms with Gasteiger partial charge in [0.15, 0.2) is 17.5 Å². The summed E-state index contributed by atoms with van der Waals surface area (Å²) >= 11 is 0. The first-order chi connectivity index (χ1) is 11.5. The van der Waals surface area contributed by atoms with Crippen molar-refractivity contribution in [1.82, 2.24) is 10.6 Å². The molecule has 0 unspecified atom stereocenters. The summed E-state index contributed by atoms with van der Waals surface area (Å²) in [7, 11) is 0. The quantitative estimate of drug-likeness (QED) is 0.809. The summed E-state index contributed by atoms with van der Waals surface area (Å²) < 4.78 is 39.6. The second kappa shape index (κ2) is 8.36. The second-order valence-corrected chi connectivity index (χ2v) is 5.85. The van der Waals surface area contributed by atoms with Crippen LogP contribution in [-0.2, 0) is 0 Å². The monoisotopic (exact) mass is 370 g/mol. The van der Waals surface area contributed by atoms with Crippen LogP contribution in [0.3, 0.4) is 0 Å². The standard InChI is InChI=1S/C18H17F3N2O.ClH/c19-15-8-13(9-16(20)17(15)21)11-3-5-12(6-4-11)18(24)23-14-2-1-7-22-10-14;/h3-6,8-9,14,22H,1-2,7,10H2,(H,23,24);1H/t14-;/m0./s1. The zero-order valence-corrected chi connectivity index (χ0v) is 14.1. The van der Waals surface area contributed by atoms with E-state index in [-0.39, 0.29) is 29.9 Å². The van der Waals surface area contributed by atoms with Crippen LogP contribution in [0.25, 0.3) is 11.1 Å². The topological polar surface area (TPSA) is 41.1 Å². The van der Waals surface area contributed by atoms with Crippen molar-refractivity contribution in [2.24, 2.45) is 0 Å². The van der Waals surface area contributed by atoms with Gasteiger partial charge in [0.1, 0.15) is 0 Å². The lowest BCUT2D eigenvalue weighted by molar-refractivity contribution is 0.0930. The predicted molar refractivity (Wildman–Crippen MR) is 92.4 cm³/mol. The van der Waals surface area contributed by atoms with Crippen LogP contribution in [0.15, 0.2) is 36.4 Å². The fourth-order valence-corrected chi connectivity index (χ4v) is 2.78. The van der Waals surface area contributed by atoms with Gasteiger partial charge in [0.25, 0.3) is 5.91 Å². The minimum atomic E-state index is -1.49. The number of amides is 1. The Morgan fingerprint density at radius 3 is 2.24 bits per heavy atom. The zero-order valence-electron chi connectivity index (χ0n) is 13.3. The van der Waals surface area contributed by atoms with Crippen molar-refractivity contribution in [3.63, 3.8) is 0 Å². The van der Waals surface area contributed by atoms with Crippen LogP contribution in [0, 0.1) is 17.5 Å². The number of piperidine rings is 1.